The smallest absolute Gasteiger partial charge is 0.234 e. The third-order valence-electron chi connectivity index (χ3n) is 3.76. The van der Waals surface area contributed by atoms with Gasteiger partial charge in [0.15, 0.2) is 5.82 Å². The Bertz CT molecular complexity index is 757. The predicted octanol–water partition coefficient (Wildman–Crippen LogP) is 1.97. The first kappa shape index (κ1) is 11.9. The van der Waals surface area contributed by atoms with Crippen LogP contribution < -0.4 is 5.73 Å². The molecule has 0 atom stereocenters. The molecule has 0 radical (unpaired) electrons. The van der Waals surface area contributed by atoms with Crippen molar-refractivity contribution in [3.63, 3.8) is 0 Å². The fourth-order valence-corrected chi connectivity index (χ4v) is 3.24. The van der Waals surface area contributed by atoms with Gasteiger partial charge < -0.3 is 5.73 Å². The third-order valence-corrected chi connectivity index (χ3v) is 4.71. The van der Waals surface area contributed by atoms with Crippen LogP contribution in [0.3, 0.4) is 0 Å². The summed E-state index contributed by atoms with van der Waals surface area (Å²) in [5.74, 6) is 1.53. The van der Waals surface area contributed by atoms with Gasteiger partial charge in [-0.1, -0.05) is 17.8 Å². The van der Waals surface area contributed by atoms with Gasteiger partial charge in [-0.2, -0.15) is 9.61 Å². The highest BCUT2D eigenvalue weighted by atomic mass is 32.1. The second-order valence-electron chi connectivity index (χ2n) is 5.03. The molecule has 3 heterocycles. The SMILES string of the molecule is NCc1cc(-c2nn3c(C4CCC4)nnc3s2)ccn1. The average molecular weight is 286 g/mol. The van der Waals surface area contributed by atoms with Crippen LogP contribution in [0.15, 0.2) is 18.3 Å². The van der Waals surface area contributed by atoms with Gasteiger partial charge in [-0.25, -0.2) is 0 Å². The van der Waals surface area contributed by atoms with Crippen molar-refractivity contribution < 1.29 is 0 Å². The molecule has 1 aliphatic carbocycles. The van der Waals surface area contributed by atoms with E-state index in [0.717, 1.165) is 27.1 Å². The summed E-state index contributed by atoms with van der Waals surface area (Å²) in [4.78, 5) is 5.06. The molecule has 1 saturated carbocycles. The molecule has 0 aromatic carbocycles. The Kier molecular flexibility index (Phi) is 2.75. The van der Waals surface area contributed by atoms with Gasteiger partial charge in [0.05, 0.1) is 5.69 Å². The molecule has 1 fully saturated rings. The Hall–Kier alpha value is -1.86. The van der Waals surface area contributed by atoms with Gasteiger partial charge in [-0.15, -0.1) is 10.2 Å². The first-order valence-electron chi connectivity index (χ1n) is 6.72. The molecule has 0 aliphatic heterocycles. The van der Waals surface area contributed by atoms with Gasteiger partial charge in [0.1, 0.15) is 5.01 Å². The molecule has 6 nitrogen and oxygen atoms in total. The highest BCUT2D eigenvalue weighted by Gasteiger charge is 2.26. The van der Waals surface area contributed by atoms with E-state index in [0.29, 0.717) is 12.5 Å². The summed E-state index contributed by atoms with van der Waals surface area (Å²) < 4.78 is 1.90. The van der Waals surface area contributed by atoms with Crippen LogP contribution in [0.5, 0.6) is 0 Å². The van der Waals surface area contributed by atoms with Crippen LogP contribution >= 0.6 is 11.3 Å². The van der Waals surface area contributed by atoms with Crippen molar-refractivity contribution in [2.75, 3.05) is 0 Å². The lowest BCUT2D eigenvalue weighted by Crippen LogP contribution is -2.13. The number of hydrogen-bond acceptors (Lipinski definition) is 6. The monoisotopic (exact) mass is 286 g/mol. The van der Waals surface area contributed by atoms with Crippen molar-refractivity contribution in [3.05, 3.63) is 29.8 Å². The van der Waals surface area contributed by atoms with E-state index in [1.807, 2.05) is 16.6 Å². The molecule has 0 bridgehead atoms. The number of aromatic nitrogens is 5. The summed E-state index contributed by atoms with van der Waals surface area (Å²) in [6, 6.07) is 3.93. The van der Waals surface area contributed by atoms with E-state index >= 15 is 0 Å². The summed E-state index contributed by atoms with van der Waals surface area (Å²) in [6.45, 7) is 0.436. The van der Waals surface area contributed by atoms with Crippen molar-refractivity contribution in [1.29, 1.82) is 0 Å². The summed E-state index contributed by atoms with van der Waals surface area (Å²) in [5, 5.41) is 14.1. The van der Waals surface area contributed by atoms with Crippen LogP contribution in [0.2, 0.25) is 0 Å². The second kappa shape index (κ2) is 4.60. The van der Waals surface area contributed by atoms with Crippen molar-refractivity contribution in [3.8, 4) is 10.6 Å². The van der Waals surface area contributed by atoms with Crippen LogP contribution in [-0.4, -0.2) is 24.8 Å². The number of pyridine rings is 1. The van der Waals surface area contributed by atoms with Crippen LogP contribution in [0.1, 0.15) is 36.7 Å². The minimum Gasteiger partial charge on any atom is -0.325 e. The zero-order valence-electron chi connectivity index (χ0n) is 10.9. The van der Waals surface area contributed by atoms with Crippen LogP contribution in [-0.2, 0) is 6.54 Å². The molecule has 4 rings (SSSR count). The minimum absolute atomic E-state index is 0.436. The number of hydrogen-bond donors (Lipinski definition) is 1. The van der Waals surface area contributed by atoms with Crippen molar-refractivity contribution in [1.82, 2.24) is 24.8 Å². The first-order valence-corrected chi connectivity index (χ1v) is 7.54. The van der Waals surface area contributed by atoms with Gasteiger partial charge in [-0.05, 0) is 25.0 Å². The number of nitrogens with zero attached hydrogens (tertiary/aromatic N) is 5. The van der Waals surface area contributed by atoms with E-state index in [-0.39, 0.29) is 0 Å². The van der Waals surface area contributed by atoms with E-state index in [9.17, 15) is 0 Å². The van der Waals surface area contributed by atoms with Crippen LogP contribution in [0, 0.1) is 0 Å². The van der Waals surface area contributed by atoms with Gasteiger partial charge in [0.2, 0.25) is 4.96 Å². The van der Waals surface area contributed by atoms with Crippen molar-refractivity contribution >= 4 is 16.3 Å². The fraction of sp³-hybridized carbons (Fsp3) is 0.385. The molecule has 20 heavy (non-hydrogen) atoms. The standard InChI is InChI=1S/C13H14N6S/c14-7-10-6-9(4-5-15-10)12-18-19-11(8-2-1-3-8)16-17-13(19)20-12/h4-6,8H,1-3,7,14H2. The molecule has 2 N–H and O–H groups in total. The van der Waals surface area contributed by atoms with E-state index in [4.69, 9.17) is 5.73 Å². The maximum Gasteiger partial charge on any atom is 0.234 e. The van der Waals surface area contributed by atoms with E-state index in [2.05, 4.69) is 20.3 Å². The third kappa shape index (κ3) is 1.82. The minimum atomic E-state index is 0.436. The predicted molar refractivity (Wildman–Crippen MR) is 76.4 cm³/mol. The van der Waals surface area contributed by atoms with Crippen molar-refractivity contribution in [2.45, 2.75) is 31.7 Å². The number of nitrogens with two attached hydrogens (primary N) is 1. The van der Waals surface area contributed by atoms with E-state index in [1.165, 1.54) is 19.3 Å². The Morgan fingerprint density at radius 1 is 1.35 bits per heavy atom. The Balaban J connectivity index is 1.78. The van der Waals surface area contributed by atoms with Gasteiger partial charge in [0, 0.05) is 24.2 Å². The molecule has 3 aromatic heterocycles. The van der Waals surface area contributed by atoms with Crippen LogP contribution in [0.25, 0.3) is 15.5 Å². The first-order chi connectivity index (χ1) is 9.85. The van der Waals surface area contributed by atoms with Gasteiger partial charge in [-0.3, -0.25) is 4.98 Å². The quantitative estimate of drug-likeness (QED) is 0.796. The highest BCUT2D eigenvalue weighted by molar-refractivity contribution is 7.19. The summed E-state index contributed by atoms with van der Waals surface area (Å²) in [7, 11) is 0. The van der Waals surface area contributed by atoms with Crippen LogP contribution in [0.4, 0.5) is 0 Å². The lowest BCUT2D eigenvalue weighted by Gasteiger charge is -2.22. The van der Waals surface area contributed by atoms with Gasteiger partial charge >= 0.3 is 0 Å². The normalized spacial score (nSPS) is 15.7. The number of rotatable bonds is 3. The summed E-state index contributed by atoms with van der Waals surface area (Å²) in [5.41, 5.74) is 7.54. The Labute approximate surface area is 119 Å². The molecule has 3 aromatic rings. The molecule has 102 valence electrons. The lowest BCUT2D eigenvalue weighted by molar-refractivity contribution is 0.395. The average Bonchev–Trinajstić information content (AvgIpc) is 2.99. The second-order valence-corrected chi connectivity index (χ2v) is 5.98. The molecule has 0 saturated heterocycles. The maximum atomic E-state index is 5.63. The Morgan fingerprint density at radius 2 is 2.25 bits per heavy atom. The zero-order valence-corrected chi connectivity index (χ0v) is 11.7. The lowest BCUT2D eigenvalue weighted by atomic mass is 9.85. The Morgan fingerprint density at radius 3 is 3.00 bits per heavy atom. The fourth-order valence-electron chi connectivity index (χ4n) is 2.39. The molecule has 0 amide bonds. The summed E-state index contributed by atoms with van der Waals surface area (Å²) >= 11 is 1.55. The highest BCUT2D eigenvalue weighted by Crippen LogP contribution is 2.36. The van der Waals surface area contributed by atoms with E-state index in [1.54, 1.807) is 17.5 Å². The zero-order chi connectivity index (χ0) is 13.5. The van der Waals surface area contributed by atoms with E-state index < -0.39 is 0 Å². The molecule has 0 spiro atoms. The molecular weight excluding hydrogens is 272 g/mol. The largest absolute Gasteiger partial charge is 0.325 e. The van der Waals surface area contributed by atoms with Gasteiger partial charge in [0.25, 0.3) is 0 Å². The topological polar surface area (TPSA) is 82.0 Å². The number of fused-ring (bicyclic) bond motifs is 1. The molecule has 7 heteroatoms. The molecule has 0 unspecified atom stereocenters. The molecule has 1 aliphatic rings. The molecular formula is C13H14N6S. The maximum absolute atomic E-state index is 5.63. The van der Waals surface area contributed by atoms with Crippen molar-refractivity contribution in [2.24, 2.45) is 5.73 Å². The summed E-state index contributed by atoms with van der Waals surface area (Å²) in [6.07, 6.45) is 5.44.